The molecular weight excluding hydrogens is 208 g/mol. The van der Waals surface area contributed by atoms with E-state index in [-0.39, 0.29) is 11.3 Å². The Morgan fingerprint density at radius 3 is 2.46 bits per heavy atom. The predicted octanol–water partition coefficient (Wildman–Crippen LogP) is 2.69. The first kappa shape index (κ1) is 10.8. The lowest BCUT2D eigenvalue weighted by Gasteiger charge is -2.21. The second-order valence-electron chi connectivity index (χ2n) is 3.00. The zero-order valence-electron chi connectivity index (χ0n) is 7.19. The zero-order valence-corrected chi connectivity index (χ0v) is 8.90. The Labute approximate surface area is 88.2 Å². The van der Waals surface area contributed by atoms with Gasteiger partial charge in [-0.2, -0.15) is 0 Å². The highest BCUT2D eigenvalue weighted by Crippen LogP contribution is 2.20. The largest absolute Gasteiger partial charge is 0.453 e. The van der Waals surface area contributed by atoms with Crippen LogP contribution in [0, 0.1) is 0 Å². The van der Waals surface area contributed by atoms with Crippen LogP contribution in [0.25, 0.3) is 0 Å². The van der Waals surface area contributed by atoms with Crippen LogP contribution in [0.3, 0.4) is 0 Å². The summed E-state index contributed by atoms with van der Waals surface area (Å²) in [4.78, 5) is 10.4. The van der Waals surface area contributed by atoms with Gasteiger partial charge >= 0.3 is 10.5 Å². The van der Waals surface area contributed by atoms with Crippen molar-refractivity contribution in [1.82, 2.24) is 0 Å². The normalized spacial score (nSPS) is 17.9. The van der Waals surface area contributed by atoms with Crippen molar-refractivity contribution in [3.63, 3.8) is 0 Å². The molecule has 0 bridgehead atoms. The number of thiocarbonyl (C=S) groups is 1. The highest BCUT2D eigenvalue weighted by molar-refractivity contribution is 7.96. The van der Waals surface area contributed by atoms with E-state index < -0.39 is 5.30 Å². The molecule has 1 aliphatic rings. The first-order valence-electron chi connectivity index (χ1n) is 4.30. The van der Waals surface area contributed by atoms with Crippen LogP contribution >= 0.6 is 24.8 Å². The van der Waals surface area contributed by atoms with Crippen LogP contribution in [0.5, 0.6) is 0 Å². The molecule has 1 aliphatic carbocycles. The van der Waals surface area contributed by atoms with Crippen molar-refractivity contribution in [2.45, 2.75) is 38.2 Å². The van der Waals surface area contributed by atoms with Gasteiger partial charge in [-0.25, -0.2) is 4.79 Å². The Hall–Kier alpha value is -0.290. The van der Waals surface area contributed by atoms with Gasteiger partial charge in [0.25, 0.3) is 0 Å². The summed E-state index contributed by atoms with van der Waals surface area (Å²) in [5.41, 5.74) is 0. The molecule has 1 fully saturated rings. The summed E-state index contributed by atoms with van der Waals surface area (Å²) >= 11 is 8.12. The number of hydrogen-bond acceptors (Lipinski definition) is 4. The van der Waals surface area contributed by atoms with Gasteiger partial charge in [-0.05, 0) is 25.7 Å². The average molecular weight is 220 g/mol. The van der Waals surface area contributed by atoms with Gasteiger partial charge in [0.2, 0.25) is 0 Å². The molecule has 0 aromatic carbocycles. The van der Waals surface area contributed by atoms with Gasteiger partial charge < -0.3 is 9.47 Å². The number of thiol groups is 1. The van der Waals surface area contributed by atoms with Gasteiger partial charge in [-0.1, -0.05) is 19.0 Å². The molecule has 0 N–H and O–H groups in total. The standard InChI is InChI=1S/C8H12O3S2/c9-7(12)11-8(13)10-6-4-2-1-3-5-6/h6H,1-5H2,(H,9,12). The first-order valence-corrected chi connectivity index (χ1v) is 5.15. The first-order chi connectivity index (χ1) is 6.18. The summed E-state index contributed by atoms with van der Waals surface area (Å²) in [6, 6.07) is 0. The van der Waals surface area contributed by atoms with Crippen molar-refractivity contribution < 1.29 is 14.3 Å². The van der Waals surface area contributed by atoms with E-state index in [1.165, 1.54) is 6.42 Å². The molecule has 74 valence electrons. The molecule has 0 unspecified atom stereocenters. The number of hydrogen-bond donors (Lipinski definition) is 1. The van der Waals surface area contributed by atoms with Crippen LogP contribution in [-0.2, 0) is 9.47 Å². The molecule has 0 spiro atoms. The lowest BCUT2D eigenvalue weighted by Crippen LogP contribution is -2.21. The molecular formula is C8H12O3S2. The summed E-state index contributed by atoms with van der Waals surface area (Å²) in [5.74, 6) is 0. The summed E-state index contributed by atoms with van der Waals surface area (Å²) in [6.07, 6.45) is 5.66. The summed E-state index contributed by atoms with van der Waals surface area (Å²) in [5, 5.41) is -0.826. The average Bonchev–Trinajstić information content (AvgIpc) is 2.04. The Bertz CT molecular complexity index is 200. The van der Waals surface area contributed by atoms with Crippen molar-refractivity contribution in [3.05, 3.63) is 0 Å². The lowest BCUT2D eigenvalue weighted by molar-refractivity contribution is 0.108. The van der Waals surface area contributed by atoms with Crippen molar-refractivity contribution in [2.24, 2.45) is 0 Å². The van der Waals surface area contributed by atoms with E-state index in [2.05, 4.69) is 17.4 Å². The molecule has 13 heavy (non-hydrogen) atoms. The molecule has 0 atom stereocenters. The van der Waals surface area contributed by atoms with Crippen molar-refractivity contribution in [2.75, 3.05) is 0 Å². The molecule has 0 amide bonds. The van der Waals surface area contributed by atoms with E-state index in [4.69, 9.17) is 17.0 Å². The Morgan fingerprint density at radius 1 is 1.31 bits per heavy atom. The quantitative estimate of drug-likeness (QED) is 0.418. The monoisotopic (exact) mass is 220 g/mol. The topological polar surface area (TPSA) is 35.5 Å². The second-order valence-corrected chi connectivity index (χ2v) is 3.69. The van der Waals surface area contributed by atoms with Crippen molar-refractivity contribution >= 4 is 35.4 Å². The van der Waals surface area contributed by atoms with Crippen LogP contribution in [0.1, 0.15) is 32.1 Å². The maximum Gasteiger partial charge on any atom is 0.372 e. The second kappa shape index (κ2) is 5.44. The van der Waals surface area contributed by atoms with Crippen molar-refractivity contribution in [3.8, 4) is 0 Å². The van der Waals surface area contributed by atoms with Gasteiger partial charge in [0.15, 0.2) is 0 Å². The van der Waals surface area contributed by atoms with Gasteiger partial charge in [-0.3, -0.25) is 0 Å². The molecule has 1 rings (SSSR count). The fourth-order valence-electron chi connectivity index (χ4n) is 1.41. The fourth-order valence-corrected chi connectivity index (χ4v) is 1.77. The van der Waals surface area contributed by atoms with E-state index in [0.29, 0.717) is 0 Å². The van der Waals surface area contributed by atoms with Crippen LogP contribution in [0.15, 0.2) is 0 Å². The van der Waals surface area contributed by atoms with E-state index in [1.54, 1.807) is 0 Å². The number of rotatable bonds is 1. The molecule has 5 heteroatoms. The van der Waals surface area contributed by atoms with Gasteiger partial charge in [0.05, 0.1) is 0 Å². The van der Waals surface area contributed by atoms with Crippen molar-refractivity contribution in [1.29, 1.82) is 0 Å². The Balaban J connectivity index is 2.22. The summed E-state index contributed by atoms with van der Waals surface area (Å²) in [7, 11) is 0. The number of carbonyl (C=O) groups is 1. The minimum atomic E-state index is -0.721. The highest BCUT2D eigenvalue weighted by atomic mass is 32.1. The van der Waals surface area contributed by atoms with Crippen LogP contribution in [0.2, 0.25) is 0 Å². The van der Waals surface area contributed by atoms with E-state index in [1.807, 2.05) is 0 Å². The van der Waals surface area contributed by atoms with Crippen LogP contribution in [-0.4, -0.2) is 16.6 Å². The maximum absolute atomic E-state index is 10.4. The van der Waals surface area contributed by atoms with Gasteiger partial charge in [-0.15, -0.1) is 0 Å². The van der Waals surface area contributed by atoms with Crippen LogP contribution in [0.4, 0.5) is 4.79 Å². The van der Waals surface area contributed by atoms with Gasteiger partial charge in [0, 0.05) is 12.2 Å². The molecule has 0 aromatic heterocycles. The third-order valence-electron chi connectivity index (χ3n) is 1.99. The number of ether oxygens (including phenoxy) is 2. The lowest BCUT2D eigenvalue weighted by atomic mass is 9.98. The highest BCUT2D eigenvalue weighted by Gasteiger charge is 2.17. The summed E-state index contributed by atoms with van der Waals surface area (Å²) < 4.78 is 9.73. The van der Waals surface area contributed by atoms with Crippen LogP contribution < -0.4 is 0 Å². The third kappa shape index (κ3) is 4.47. The Kier molecular flexibility index (Phi) is 4.52. The molecule has 0 saturated heterocycles. The molecule has 1 saturated carbocycles. The predicted molar refractivity (Wildman–Crippen MR) is 56.0 cm³/mol. The molecule has 3 nitrogen and oxygen atoms in total. The maximum atomic E-state index is 10.4. The molecule has 0 aliphatic heterocycles. The summed E-state index contributed by atoms with van der Waals surface area (Å²) in [6.45, 7) is 0. The minimum Gasteiger partial charge on any atom is -0.453 e. The molecule has 0 heterocycles. The smallest absolute Gasteiger partial charge is 0.372 e. The zero-order chi connectivity index (χ0) is 9.68. The molecule has 0 radical (unpaired) electrons. The minimum absolute atomic E-state index is 0.105. The van der Waals surface area contributed by atoms with Gasteiger partial charge in [0.1, 0.15) is 6.10 Å². The van der Waals surface area contributed by atoms with E-state index in [0.717, 1.165) is 25.7 Å². The molecule has 0 aromatic rings. The third-order valence-corrected chi connectivity index (χ3v) is 2.26. The number of carbonyl (C=O) groups excluding carboxylic acids is 1. The SMILES string of the molecule is O=C(S)OC(=S)OC1CCCCC1. The Morgan fingerprint density at radius 2 is 1.92 bits per heavy atom. The van der Waals surface area contributed by atoms with E-state index >= 15 is 0 Å². The van der Waals surface area contributed by atoms with E-state index in [9.17, 15) is 4.79 Å². The fraction of sp³-hybridized carbons (Fsp3) is 0.750.